The van der Waals surface area contributed by atoms with Crippen LogP contribution in [0.4, 0.5) is 4.39 Å². The van der Waals surface area contributed by atoms with Gasteiger partial charge in [-0.15, -0.1) is 11.8 Å². The lowest BCUT2D eigenvalue weighted by Gasteiger charge is -2.20. The molecule has 0 atom stereocenters. The van der Waals surface area contributed by atoms with E-state index in [1.54, 1.807) is 23.9 Å². The first-order valence-electron chi connectivity index (χ1n) is 6.49. The Balaban J connectivity index is 1.72. The molecule has 3 nitrogen and oxygen atoms in total. The van der Waals surface area contributed by atoms with Crippen molar-refractivity contribution in [2.75, 3.05) is 18.8 Å². The molecular weight excluding hydrogens is 265 g/mol. The number of carboxylic acids is 1. The lowest BCUT2D eigenvalue weighted by molar-refractivity contribution is -0.137. The van der Waals surface area contributed by atoms with Gasteiger partial charge in [-0.3, -0.25) is 9.69 Å². The fourth-order valence-corrected chi connectivity index (χ4v) is 2.86. The lowest BCUT2D eigenvalue weighted by Crippen LogP contribution is -2.30. The highest BCUT2D eigenvalue weighted by Crippen LogP contribution is 2.27. The topological polar surface area (TPSA) is 40.5 Å². The Morgan fingerprint density at radius 3 is 2.58 bits per heavy atom. The van der Waals surface area contributed by atoms with Crippen LogP contribution in [-0.4, -0.2) is 40.9 Å². The molecule has 1 fully saturated rings. The van der Waals surface area contributed by atoms with Crippen LogP contribution in [0.1, 0.15) is 19.3 Å². The summed E-state index contributed by atoms with van der Waals surface area (Å²) in [6.07, 6.45) is 2.57. The third-order valence-electron chi connectivity index (χ3n) is 3.14. The van der Waals surface area contributed by atoms with Crippen molar-refractivity contribution >= 4 is 17.7 Å². The Kier molecular flexibility index (Phi) is 5.22. The predicted molar refractivity (Wildman–Crippen MR) is 74.0 cm³/mol. The minimum atomic E-state index is -0.739. The highest BCUT2D eigenvalue weighted by molar-refractivity contribution is 7.99. The van der Waals surface area contributed by atoms with Crippen molar-refractivity contribution in [3.05, 3.63) is 30.1 Å². The first kappa shape index (κ1) is 14.3. The van der Waals surface area contributed by atoms with Crippen LogP contribution >= 0.6 is 11.8 Å². The van der Waals surface area contributed by atoms with Crippen molar-refractivity contribution in [2.45, 2.75) is 30.2 Å². The highest BCUT2D eigenvalue weighted by Gasteiger charge is 2.28. The van der Waals surface area contributed by atoms with Crippen LogP contribution in [0, 0.1) is 5.82 Å². The molecule has 0 radical (unpaired) electrons. The van der Waals surface area contributed by atoms with Gasteiger partial charge < -0.3 is 5.11 Å². The molecule has 104 valence electrons. The van der Waals surface area contributed by atoms with Gasteiger partial charge in [0, 0.05) is 29.8 Å². The summed E-state index contributed by atoms with van der Waals surface area (Å²) in [4.78, 5) is 13.9. The second kappa shape index (κ2) is 6.91. The van der Waals surface area contributed by atoms with E-state index in [0.29, 0.717) is 12.6 Å². The van der Waals surface area contributed by atoms with Gasteiger partial charge in [-0.05, 0) is 37.1 Å². The van der Waals surface area contributed by atoms with Gasteiger partial charge in [0.2, 0.25) is 0 Å². The highest BCUT2D eigenvalue weighted by atomic mass is 32.2. The molecule has 0 aliphatic heterocycles. The van der Waals surface area contributed by atoms with Gasteiger partial charge in [0.25, 0.3) is 0 Å². The third-order valence-corrected chi connectivity index (χ3v) is 4.13. The summed E-state index contributed by atoms with van der Waals surface area (Å²) in [5.41, 5.74) is 0. The average molecular weight is 283 g/mol. The van der Waals surface area contributed by atoms with E-state index in [2.05, 4.69) is 4.90 Å². The fraction of sp³-hybridized carbons (Fsp3) is 0.500. The van der Waals surface area contributed by atoms with Gasteiger partial charge in [0.1, 0.15) is 5.82 Å². The summed E-state index contributed by atoms with van der Waals surface area (Å²) in [6.45, 7) is 1.52. The molecule has 0 bridgehead atoms. The van der Waals surface area contributed by atoms with Gasteiger partial charge in [-0.1, -0.05) is 0 Å². The van der Waals surface area contributed by atoms with Crippen molar-refractivity contribution in [3.63, 3.8) is 0 Å². The molecule has 0 amide bonds. The zero-order valence-corrected chi connectivity index (χ0v) is 11.5. The number of carbonyl (C=O) groups is 1. The second-order valence-corrected chi connectivity index (χ2v) is 5.88. The van der Waals surface area contributed by atoms with Crippen molar-refractivity contribution in [3.8, 4) is 0 Å². The zero-order chi connectivity index (χ0) is 13.7. The number of aliphatic carboxylic acids is 1. The number of rotatable bonds is 8. The normalized spacial score (nSPS) is 14.8. The van der Waals surface area contributed by atoms with E-state index in [9.17, 15) is 9.18 Å². The largest absolute Gasteiger partial charge is 0.481 e. The number of thioether (sulfide) groups is 1. The summed E-state index contributed by atoms with van der Waals surface area (Å²) in [5.74, 6) is -0.0517. The van der Waals surface area contributed by atoms with E-state index in [0.717, 1.165) is 17.2 Å². The standard InChI is InChI=1S/C14H18FNO2S/c15-11-1-5-13(6-2-11)19-10-9-16(12-3-4-12)8-7-14(17)18/h1-2,5-6,12H,3-4,7-10H2,(H,17,18). The van der Waals surface area contributed by atoms with Gasteiger partial charge >= 0.3 is 5.97 Å². The Bertz CT molecular complexity index is 420. The average Bonchev–Trinajstić information content (AvgIpc) is 3.20. The van der Waals surface area contributed by atoms with Crippen molar-refractivity contribution in [2.24, 2.45) is 0 Å². The van der Waals surface area contributed by atoms with Crippen LogP contribution < -0.4 is 0 Å². The molecule has 1 aromatic carbocycles. The molecule has 1 saturated carbocycles. The van der Waals surface area contributed by atoms with Crippen LogP contribution in [0.5, 0.6) is 0 Å². The molecule has 1 aliphatic carbocycles. The quantitative estimate of drug-likeness (QED) is 0.745. The number of hydrogen-bond donors (Lipinski definition) is 1. The maximum Gasteiger partial charge on any atom is 0.304 e. The Morgan fingerprint density at radius 1 is 1.32 bits per heavy atom. The molecule has 0 heterocycles. The Hall–Kier alpha value is -1.07. The number of hydrogen-bond acceptors (Lipinski definition) is 3. The van der Waals surface area contributed by atoms with Crippen LogP contribution in [-0.2, 0) is 4.79 Å². The van der Waals surface area contributed by atoms with Gasteiger partial charge in [-0.25, -0.2) is 4.39 Å². The Labute approximate surface area is 116 Å². The minimum Gasteiger partial charge on any atom is -0.481 e. The number of halogens is 1. The van der Waals surface area contributed by atoms with Crippen LogP contribution in [0.3, 0.4) is 0 Å². The fourth-order valence-electron chi connectivity index (χ4n) is 1.97. The molecule has 1 N–H and O–H groups in total. The first-order chi connectivity index (χ1) is 9.15. The van der Waals surface area contributed by atoms with Gasteiger partial charge in [0.05, 0.1) is 6.42 Å². The van der Waals surface area contributed by atoms with E-state index >= 15 is 0 Å². The molecule has 0 saturated heterocycles. The van der Waals surface area contributed by atoms with E-state index in [1.807, 2.05) is 0 Å². The molecule has 2 rings (SSSR count). The van der Waals surface area contributed by atoms with Crippen LogP contribution in [0.15, 0.2) is 29.2 Å². The second-order valence-electron chi connectivity index (χ2n) is 4.71. The smallest absolute Gasteiger partial charge is 0.304 e. The molecule has 19 heavy (non-hydrogen) atoms. The number of nitrogens with zero attached hydrogens (tertiary/aromatic N) is 1. The molecule has 1 aliphatic rings. The minimum absolute atomic E-state index is 0.206. The maximum absolute atomic E-state index is 12.8. The summed E-state index contributed by atoms with van der Waals surface area (Å²) in [5, 5.41) is 8.73. The molecule has 5 heteroatoms. The van der Waals surface area contributed by atoms with E-state index < -0.39 is 5.97 Å². The van der Waals surface area contributed by atoms with Crippen molar-refractivity contribution < 1.29 is 14.3 Å². The van der Waals surface area contributed by atoms with E-state index in [4.69, 9.17) is 5.11 Å². The molecular formula is C14H18FNO2S. The number of benzene rings is 1. The summed E-state index contributed by atoms with van der Waals surface area (Å²) in [6, 6.07) is 7.06. The lowest BCUT2D eigenvalue weighted by atomic mass is 10.3. The van der Waals surface area contributed by atoms with Crippen LogP contribution in [0.25, 0.3) is 0 Å². The van der Waals surface area contributed by atoms with E-state index in [-0.39, 0.29) is 12.2 Å². The number of carboxylic acid groups (broad SMARTS) is 1. The van der Waals surface area contributed by atoms with Crippen LogP contribution in [0.2, 0.25) is 0 Å². The van der Waals surface area contributed by atoms with Gasteiger partial charge in [0.15, 0.2) is 0 Å². The summed E-state index contributed by atoms with van der Waals surface area (Å²) >= 11 is 1.68. The maximum atomic E-state index is 12.8. The van der Waals surface area contributed by atoms with Crippen molar-refractivity contribution in [1.82, 2.24) is 4.90 Å². The van der Waals surface area contributed by atoms with Gasteiger partial charge in [-0.2, -0.15) is 0 Å². The molecule has 0 unspecified atom stereocenters. The van der Waals surface area contributed by atoms with E-state index in [1.165, 1.54) is 25.0 Å². The molecule has 0 spiro atoms. The third kappa shape index (κ3) is 5.20. The predicted octanol–water partition coefficient (Wildman–Crippen LogP) is 2.86. The zero-order valence-electron chi connectivity index (χ0n) is 10.7. The SMILES string of the molecule is O=C(O)CCN(CCSc1ccc(F)cc1)C1CC1. The molecule has 1 aromatic rings. The molecule has 0 aromatic heterocycles. The first-order valence-corrected chi connectivity index (χ1v) is 7.48. The summed E-state index contributed by atoms with van der Waals surface area (Å²) < 4.78 is 12.8. The Morgan fingerprint density at radius 2 is 2.00 bits per heavy atom. The van der Waals surface area contributed by atoms with Crippen molar-refractivity contribution in [1.29, 1.82) is 0 Å². The monoisotopic (exact) mass is 283 g/mol. The summed E-state index contributed by atoms with van der Waals surface area (Å²) in [7, 11) is 0.